The normalized spacial score (nSPS) is 12.9. The van der Waals surface area contributed by atoms with Crippen molar-refractivity contribution < 1.29 is 33.2 Å². The molecule has 0 aliphatic carbocycles. The summed E-state index contributed by atoms with van der Waals surface area (Å²) in [5.41, 5.74) is 0. The van der Waals surface area contributed by atoms with Crippen LogP contribution < -0.4 is 0 Å². The third-order valence-electron chi connectivity index (χ3n) is 2.70. The van der Waals surface area contributed by atoms with Gasteiger partial charge < -0.3 is 33.2 Å². The molecule has 0 saturated heterocycles. The van der Waals surface area contributed by atoms with Crippen molar-refractivity contribution in [3.63, 3.8) is 0 Å². The largest absolute Gasteiger partial charge is 0.489 e. The van der Waals surface area contributed by atoms with Gasteiger partial charge >= 0.3 is 11.9 Å². The maximum atomic E-state index is 5.86. The molecular weight excluding hydrogens is 328 g/mol. The smallest absolute Gasteiger partial charge is 0.329 e. The molecule has 0 saturated carbocycles. The first kappa shape index (κ1) is 23.4. The average Bonchev–Trinajstić information content (AvgIpc) is 2.61. The molecule has 7 nitrogen and oxygen atoms in total. The Hall–Kier alpha value is -1.60. The molecule has 0 unspecified atom stereocenters. The third-order valence-corrected chi connectivity index (χ3v) is 2.70. The second-order valence-corrected chi connectivity index (χ2v) is 4.53. The average molecular weight is 362 g/mol. The van der Waals surface area contributed by atoms with Crippen molar-refractivity contribution in [1.29, 1.82) is 0 Å². The molecule has 0 aliphatic heterocycles. The van der Waals surface area contributed by atoms with Gasteiger partial charge in [0.1, 0.15) is 13.2 Å². The van der Waals surface area contributed by atoms with Gasteiger partial charge in [-0.3, -0.25) is 0 Å². The van der Waals surface area contributed by atoms with Gasteiger partial charge in [-0.2, -0.15) is 0 Å². The standard InChI is InChI=1S/C18H34O7/c1-7-19-13-15(21-9-3)17(23-11-5)25-18(24-12-6)16(22-10-4)14-20-8-2/h7-14H2,1-6H3. The first-order valence-electron chi connectivity index (χ1n) is 8.98. The van der Waals surface area contributed by atoms with Gasteiger partial charge in [-0.25, -0.2) is 0 Å². The Kier molecular flexibility index (Phi) is 14.9. The van der Waals surface area contributed by atoms with E-state index in [1.165, 1.54) is 0 Å². The molecule has 0 rings (SSSR count). The summed E-state index contributed by atoms with van der Waals surface area (Å²) < 4.78 is 39.2. The fourth-order valence-corrected chi connectivity index (χ4v) is 1.74. The van der Waals surface area contributed by atoms with Crippen LogP contribution in [-0.2, 0) is 33.2 Å². The van der Waals surface area contributed by atoms with Crippen molar-refractivity contribution in [2.45, 2.75) is 41.5 Å². The van der Waals surface area contributed by atoms with Gasteiger partial charge in [0.25, 0.3) is 0 Å². The maximum absolute atomic E-state index is 5.86. The van der Waals surface area contributed by atoms with Crippen LogP contribution >= 0.6 is 0 Å². The molecule has 148 valence electrons. The molecule has 0 radical (unpaired) electrons. The molecule has 0 aromatic carbocycles. The van der Waals surface area contributed by atoms with E-state index in [1.54, 1.807) is 0 Å². The van der Waals surface area contributed by atoms with Gasteiger partial charge in [0, 0.05) is 13.2 Å². The highest BCUT2D eigenvalue weighted by atomic mass is 16.8. The summed E-state index contributed by atoms with van der Waals surface area (Å²) >= 11 is 0. The zero-order valence-electron chi connectivity index (χ0n) is 16.5. The molecule has 0 fully saturated rings. The lowest BCUT2D eigenvalue weighted by atomic mass is 10.5. The van der Waals surface area contributed by atoms with Crippen LogP contribution in [0.5, 0.6) is 0 Å². The summed E-state index contributed by atoms with van der Waals surface area (Å²) in [6, 6.07) is 0. The van der Waals surface area contributed by atoms with E-state index in [0.717, 1.165) is 0 Å². The van der Waals surface area contributed by atoms with Crippen LogP contribution in [0.25, 0.3) is 0 Å². The van der Waals surface area contributed by atoms with Crippen LogP contribution in [0.3, 0.4) is 0 Å². The molecule has 0 amide bonds. The topological polar surface area (TPSA) is 64.6 Å². The van der Waals surface area contributed by atoms with E-state index in [4.69, 9.17) is 33.2 Å². The van der Waals surface area contributed by atoms with Crippen molar-refractivity contribution in [1.82, 2.24) is 0 Å². The van der Waals surface area contributed by atoms with Crippen molar-refractivity contribution >= 4 is 0 Å². The van der Waals surface area contributed by atoms with Gasteiger partial charge in [0.2, 0.25) is 11.5 Å². The summed E-state index contributed by atoms with van der Waals surface area (Å²) in [6.07, 6.45) is 0. The van der Waals surface area contributed by atoms with Crippen LogP contribution in [0.15, 0.2) is 23.4 Å². The molecule has 0 aromatic rings. The van der Waals surface area contributed by atoms with Gasteiger partial charge in [0.15, 0.2) is 0 Å². The number of rotatable bonds is 16. The number of ether oxygens (including phenoxy) is 7. The summed E-state index contributed by atoms with van der Waals surface area (Å²) in [7, 11) is 0. The Morgan fingerprint density at radius 1 is 0.480 bits per heavy atom. The lowest BCUT2D eigenvalue weighted by Crippen LogP contribution is -2.15. The molecule has 0 spiro atoms. The lowest BCUT2D eigenvalue weighted by molar-refractivity contribution is -0.0372. The van der Waals surface area contributed by atoms with E-state index < -0.39 is 0 Å². The minimum atomic E-state index is 0.204. The van der Waals surface area contributed by atoms with Crippen LogP contribution in [0.1, 0.15) is 41.5 Å². The predicted molar refractivity (Wildman–Crippen MR) is 94.6 cm³/mol. The molecule has 0 aliphatic rings. The van der Waals surface area contributed by atoms with Crippen molar-refractivity contribution in [2.75, 3.05) is 52.9 Å². The van der Waals surface area contributed by atoms with Gasteiger partial charge in [0.05, 0.1) is 26.4 Å². The zero-order valence-corrected chi connectivity index (χ0v) is 16.5. The summed E-state index contributed by atoms with van der Waals surface area (Å²) in [6.45, 7) is 14.7. The van der Waals surface area contributed by atoms with E-state index in [2.05, 4.69) is 0 Å². The second kappa shape index (κ2) is 15.9. The van der Waals surface area contributed by atoms with E-state index >= 15 is 0 Å². The van der Waals surface area contributed by atoms with Crippen molar-refractivity contribution in [3.8, 4) is 0 Å². The Labute approximate surface area is 151 Å². The fourth-order valence-electron chi connectivity index (χ4n) is 1.74. The highest BCUT2D eigenvalue weighted by Crippen LogP contribution is 2.20. The van der Waals surface area contributed by atoms with Gasteiger partial charge in [-0.1, -0.05) is 0 Å². The molecule has 0 heterocycles. The van der Waals surface area contributed by atoms with Gasteiger partial charge in [-0.15, -0.1) is 0 Å². The quantitative estimate of drug-likeness (QED) is 0.389. The summed E-state index contributed by atoms with van der Waals surface area (Å²) in [5.74, 6) is 1.34. The number of hydrogen-bond acceptors (Lipinski definition) is 7. The lowest BCUT2D eigenvalue weighted by Gasteiger charge is -2.19. The van der Waals surface area contributed by atoms with E-state index in [9.17, 15) is 0 Å². The summed E-state index contributed by atoms with van der Waals surface area (Å²) in [4.78, 5) is 0. The van der Waals surface area contributed by atoms with E-state index in [0.29, 0.717) is 51.2 Å². The van der Waals surface area contributed by atoms with Crippen molar-refractivity contribution in [2.24, 2.45) is 0 Å². The number of hydrogen-bond donors (Lipinski definition) is 0. The molecule has 0 N–H and O–H groups in total. The van der Waals surface area contributed by atoms with Crippen LogP contribution in [0.2, 0.25) is 0 Å². The van der Waals surface area contributed by atoms with Crippen LogP contribution in [-0.4, -0.2) is 52.9 Å². The molecule has 25 heavy (non-hydrogen) atoms. The first-order valence-corrected chi connectivity index (χ1v) is 8.98. The fraction of sp³-hybridized carbons (Fsp3) is 0.778. The Bertz CT molecular complexity index is 355. The monoisotopic (exact) mass is 362 g/mol. The molecule has 0 atom stereocenters. The van der Waals surface area contributed by atoms with E-state index in [-0.39, 0.29) is 25.1 Å². The third kappa shape index (κ3) is 10.1. The zero-order chi connectivity index (χ0) is 18.9. The first-order chi connectivity index (χ1) is 12.2. The Balaban J connectivity index is 5.63. The van der Waals surface area contributed by atoms with Crippen LogP contribution in [0.4, 0.5) is 0 Å². The Morgan fingerprint density at radius 3 is 1.12 bits per heavy atom. The highest BCUT2D eigenvalue weighted by Gasteiger charge is 2.20. The Morgan fingerprint density at radius 2 is 0.840 bits per heavy atom. The maximum Gasteiger partial charge on any atom is 0.329 e. The predicted octanol–water partition coefficient (Wildman–Crippen LogP) is 3.56. The second-order valence-electron chi connectivity index (χ2n) is 4.53. The van der Waals surface area contributed by atoms with Crippen molar-refractivity contribution in [3.05, 3.63) is 23.4 Å². The summed E-state index contributed by atoms with van der Waals surface area (Å²) in [5, 5.41) is 0. The minimum absolute atomic E-state index is 0.204. The minimum Gasteiger partial charge on any atom is -0.489 e. The van der Waals surface area contributed by atoms with Crippen LogP contribution in [0, 0.1) is 0 Å². The molecular formula is C18H34O7. The highest BCUT2D eigenvalue weighted by molar-refractivity contribution is 5.03. The molecule has 0 aromatic heterocycles. The van der Waals surface area contributed by atoms with E-state index in [1.807, 2.05) is 41.5 Å². The van der Waals surface area contributed by atoms with Gasteiger partial charge in [-0.05, 0) is 41.5 Å². The molecule has 0 bridgehead atoms. The molecule has 7 heteroatoms. The SMILES string of the molecule is CCOCC(OCC)=C(OCC)OC(OCC)=C(COCC)OCC.